The zero-order chi connectivity index (χ0) is 21.5. The Labute approximate surface area is 174 Å². The van der Waals surface area contributed by atoms with Crippen molar-refractivity contribution in [2.24, 2.45) is 0 Å². The van der Waals surface area contributed by atoms with E-state index in [-0.39, 0.29) is 29.7 Å². The van der Waals surface area contributed by atoms with Gasteiger partial charge in [-0.1, -0.05) is 24.3 Å². The SMILES string of the molecule is CCOC(=O)c1ccccc1NC(=O)C[NH+]1CCN(c2ccccc2[N+](=O)[O-])CC1. The number of carbonyl (C=O) groups excluding carboxylic acids is 2. The van der Waals surface area contributed by atoms with Crippen molar-refractivity contribution >= 4 is 28.9 Å². The van der Waals surface area contributed by atoms with Crippen LogP contribution in [0.15, 0.2) is 48.5 Å². The smallest absolute Gasteiger partial charge is 0.340 e. The van der Waals surface area contributed by atoms with Crippen molar-refractivity contribution < 1.29 is 24.1 Å². The quantitative estimate of drug-likeness (QED) is 0.400. The lowest BCUT2D eigenvalue weighted by molar-refractivity contribution is -0.892. The van der Waals surface area contributed by atoms with Crippen LogP contribution in [-0.4, -0.2) is 56.1 Å². The van der Waals surface area contributed by atoms with Gasteiger partial charge in [0.2, 0.25) is 0 Å². The van der Waals surface area contributed by atoms with Gasteiger partial charge in [-0.25, -0.2) is 4.79 Å². The number of rotatable bonds is 7. The normalized spacial score (nSPS) is 14.2. The minimum Gasteiger partial charge on any atom is -0.462 e. The van der Waals surface area contributed by atoms with Crippen molar-refractivity contribution in [2.45, 2.75) is 6.92 Å². The lowest BCUT2D eigenvalue weighted by atomic mass is 10.1. The van der Waals surface area contributed by atoms with Crippen molar-refractivity contribution in [3.05, 3.63) is 64.2 Å². The number of quaternary nitrogens is 1. The van der Waals surface area contributed by atoms with Gasteiger partial charge < -0.3 is 19.9 Å². The highest BCUT2D eigenvalue weighted by atomic mass is 16.6. The Kier molecular flexibility index (Phi) is 6.97. The predicted octanol–water partition coefficient (Wildman–Crippen LogP) is 1.12. The molecule has 30 heavy (non-hydrogen) atoms. The van der Waals surface area contributed by atoms with Crippen molar-refractivity contribution in [1.82, 2.24) is 0 Å². The molecule has 0 atom stereocenters. The monoisotopic (exact) mass is 413 g/mol. The third kappa shape index (κ3) is 5.12. The van der Waals surface area contributed by atoms with Gasteiger partial charge in [-0.15, -0.1) is 0 Å². The van der Waals surface area contributed by atoms with E-state index >= 15 is 0 Å². The highest BCUT2D eigenvalue weighted by Crippen LogP contribution is 2.27. The van der Waals surface area contributed by atoms with E-state index < -0.39 is 5.97 Å². The van der Waals surface area contributed by atoms with Crippen LogP contribution in [0, 0.1) is 10.1 Å². The molecule has 3 rings (SSSR count). The Morgan fingerprint density at radius 2 is 1.80 bits per heavy atom. The van der Waals surface area contributed by atoms with E-state index in [1.165, 1.54) is 6.07 Å². The summed E-state index contributed by atoms with van der Waals surface area (Å²) >= 11 is 0. The number of nitro benzene ring substituents is 1. The second-order valence-corrected chi connectivity index (χ2v) is 6.97. The van der Waals surface area contributed by atoms with Crippen LogP contribution in [0.2, 0.25) is 0 Å². The minimum absolute atomic E-state index is 0.0919. The maximum atomic E-state index is 12.5. The second kappa shape index (κ2) is 9.84. The number of anilines is 2. The fraction of sp³-hybridized carbons (Fsp3) is 0.333. The van der Waals surface area contributed by atoms with Crippen LogP contribution in [0.25, 0.3) is 0 Å². The summed E-state index contributed by atoms with van der Waals surface area (Å²) in [6.45, 7) is 4.83. The number of esters is 1. The summed E-state index contributed by atoms with van der Waals surface area (Å²) in [5.74, 6) is -0.667. The zero-order valence-corrected chi connectivity index (χ0v) is 16.8. The summed E-state index contributed by atoms with van der Waals surface area (Å²) in [7, 11) is 0. The lowest BCUT2D eigenvalue weighted by Crippen LogP contribution is -3.15. The molecule has 0 spiro atoms. The van der Waals surface area contributed by atoms with E-state index in [0.29, 0.717) is 43.1 Å². The molecular weight excluding hydrogens is 388 g/mol. The second-order valence-electron chi connectivity index (χ2n) is 6.97. The van der Waals surface area contributed by atoms with Crippen molar-refractivity contribution in [1.29, 1.82) is 0 Å². The van der Waals surface area contributed by atoms with E-state index in [2.05, 4.69) is 5.32 Å². The molecule has 2 aromatic rings. The highest BCUT2D eigenvalue weighted by Gasteiger charge is 2.26. The van der Waals surface area contributed by atoms with Crippen molar-refractivity contribution in [3.8, 4) is 0 Å². The number of amides is 1. The van der Waals surface area contributed by atoms with E-state index in [4.69, 9.17) is 4.74 Å². The molecule has 1 heterocycles. The Hall–Kier alpha value is -3.46. The summed E-state index contributed by atoms with van der Waals surface area (Å²) in [5, 5.41) is 14.1. The van der Waals surface area contributed by atoms with Crippen molar-refractivity contribution in [2.75, 3.05) is 49.5 Å². The lowest BCUT2D eigenvalue weighted by Gasteiger charge is -2.33. The number of hydrogen-bond donors (Lipinski definition) is 2. The fourth-order valence-corrected chi connectivity index (χ4v) is 3.53. The molecule has 0 unspecified atom stereocenters. The predicted molar refractivity (Wildman–Crippen MR) is 112 cm³/mol. The van der Waals surface area contributed by atoms with E-state index in [1.54, 1.807) is 49.4 Å². The molecule has 1 aliphatic heterocycles. The van der Waals surface area contributed by atoms with E-state index in [0.717, 1.165) is 4.90 Å². The van der Waals surface area contributed by atoms with Crippen LogP contribution in [-0.2, 0) is 9.53 Å². The molecule has 1 amide bonds. The standard InChI is InChI=1S/C21H24N4O5/c1-2-30-21(27)16-7-3-4-8-17(16)22-20(26)15-23-11-13-24(14-12-23)18-9-5-6-10-19(18)25(28)29/h3-10H,2,11-15H2,1H3,(H,22,26)/p+1. The largest absolute Gasteiger partial charge is 0.462 e. The molecule has 0 saturated carbocycles. The molecule has 2 aromatic carbocycles. The minimum atomic E-state index is -0.473. The molecule has 1 saturated heterocycles. The molecule has 9 heteroatoms. The molecule has 0 radical (unpaired) electrons. The molecule has 158 valence electrons. The molecule has 0 aromatic heterocycles. The average Bonchev–Trinajstić information content (AvgIpc) is 2.74. The van der Waals surface area contributed by atoms with Gasteiger partial charge in [0.1, 0.15) is 5.69 Å². The molecule has 2 N–H and O–H groups in total. The number of hydrogen-bond acceptors (Lipinski definition) is 6. The van der Waals surface area contributed by atoms with Crippen LogP contribution in [0.4, 0.5) is 17.1 Å². The van der Waals surface area contributed by atoms with E-state index in [1.807, 2.05) is 4.90 Å². The maximum Gasteiger partial charge on any atom is 0.340 e. The number of piperazine rings is 1. The first-order chi connectivity index (χ1) is 14.5. The van der Waals surface area contributed by atoms with Gasteiger partial charge in [-0.2, -0.15) is 0 Å². The van der Waals surface area contributed by atoms with Crippen LogP contribution >= 0.6 is 0 Å². The van der Waals surface area contributed by atoms with Crippen LogP contribution in [0.1, 0.15) is 17.3 Å². The summed E-state index contributed by atoms with van der Waals surface area (Å²) < 4.78 is 5.03. The average molecular weight is 413 g/mol. The zero-order valence-electron chi connectivity index (χ0n) is 16.8. The van der Waals surface area contributed by atoms with Gasteiger partial charge in [0.05, 0.1) is 49.0 Å². The Bertz CT molecular complexity index is 925. The number of carbonyl (C=O) groups is 2. The Balaban J connectivity index is 1.57. The summed E-state index contributed by atoms with van der Waals surface area (Å²) in [6, 6.07) is 13.5. The Morgan fingerprint density at radius 1 is 1.13 bits per heavy atom. The third-order valence-electron chi connectivity index (χ3n) is 5.00. The third-order valence-corrected chi connectivity index (χ3v) is 5.00. The number of ether oxygens (including phenoxy) is 1. The topological polar surface area (TPSA) is 106 Å². The summed E-state index contributed by atoms with van der Waals surface area (Å²) in [6.07, 6.45) is 0. The molecule has 1 fully saturated rings. The number of nitro groups is 1. The molecule has 0 aliphatic carbocycles. The van der Waals surface area contributed by atoms with Gasteiger partial charge in [0.15, 0.2) is 6.54 Å². The summed E-state index contributed by atoms with van der Waals surface area (Å²) in [4.78, 5) is 38.5. The van der Waals surface area contributed by atoms with E-state index in [9.17, 15) is 19.7 Å². The van der Waals surface area contributed by atoms with Crippen molar-refractivity contribution in [3.63, 3.8) is 0 Å². The number of nitrogens with zero attached hydrogens (tertiary/aromatic N) is 2. The molecule has 0 bridgehead atoms. The van der Waals surface area contributed by atoms with Crippen LogP contribution < -0.4 is 15.1 Å². The van der Waals surface area contributed by atoms with Gasteiger partial charge in [-0.05, 0) is 25.1 Å². The van der Waals surface area contributed by atoms with Crippen LogP contribution in [0.3, 0.4) is 0 Å². The number of para-hydroxylation sites is 3. The number of benzene rings is 2. The first-order valence-electron chi connectivity index (χ1n) is 9.87. The molecule has 9 nitrogen and oxygen atoms in total. The van der Waals surface area contributed by atoms with Gasteiger partial charge in [-0.3, -0.25) is 14.9 Å². The summed E-state index contributed by atoms with van der Waals surface area (Å²) in [5.41, 5.74) is 1.45. The first-order valence-corrected chi connectivity index (χ1v) is 9.87. The fourth-order valence-electron chi connectivity index (χ4n) is 3.53. The van der Waals surface area contributed by atoms with Crippen LogP contribution in [0.5, 0.6) is 0 Å². The molecular formula is C21H25N4O5+. The van der Waals surface area contributed by atoms with Gasteiger partial charge >= 0.3 is 5.97 Å². The van der Waals surface area contributed by atoms with Gasteiger partial charge in [0, 0.05) is 6.07 Å². The highest BCUT2D eigenvalue weighted by molar-refractivity contribution is 6.01. The van der Waals surface area contributed by atoms with Gasteiger partial charge in [0.25, 0.3) is 11.6 Å². The Morgan fingerprint density at radius 3 is 2.50 bits per heavy atom. The number of nitrogens with one attached hydrogen (secondary N) is 2. The molecule has 1 aliphatic rings. The first kappa shape index (κ1) is 21.3. The maximum absolute atomic E-state index is 12.5.